The largest absolute Gasteiger partial charge is 0.375 e. The van der Waals surface area contributed by atoms with Crippen molar-refractivity contribution in [2.45, 2.75) is 66.1 Å². The number of aryl methyl sites for hydroxylation is 2. The van der Waals surface area contributed by atoms with Gasteiger partial charge in [-0.25, -0.2) is 0 Å². The van der Waals surface area contributed by atoms with E-state index in [0.29, 0.717) is 17.9 Å². The van der Waals surface area contributed by atoms with Gasteiger partial charge in [0.25, 0.3) is 0 Å². The minimum absolute atomic E-state index is 0.0311. The van der Waals surface area contributed by atoms with E-state index in [9.17, 15) is 0 Å². The Hall–Kier alpha value is -0.530. The summed E-state index contributed by atoms with van der Waals surface area (Å²) in [6.45, 7) is 15.3. The van der Waals surface area contributed by atoms with Crippen LogP contribution in [0.15, 0.2) is 6.07 Å². The second-order valence-corrected chi connectivity index (χ2v) is 7.03. The number of hydrogen-bond donors (Lipinski definition) is 0. The van der Waals surface area contributed by atoms with Crippen molar-refractivity contribution in [3.8, 4) is 0 Å². The summed E-state index contributed by atoms with van der Waals surface area (Å²) in [5.41, 5.74) is 6.67. The Morgan fingerprint density at radius 2 is 1.45 bits per heavy atom. The van der Waals surface area contributed by atoms with Gasteiger partial charge in [0.15, 0.2) is 0 Å². The number of rotatable bonds is 2. The molecular weight excluding hydrogens is 268 g/mol. The second-order valence-electron chi connectivity index (χ2n) is 6.56. The molecule has 1 fully saturated rings. The first-order valence-corrected chi connectivity index (χ1v) is 8.06. The van der Waals surface area contributed by atoms with Crippen LogP contribution < -0.4 is 0 Å². The molecule has 5 atom stereocenters. The molecule has 0 radical (unpaired) electrons. The van der Waals surface area contributed by atoms with Crippen molar-refractivity contribution in [2.24, 2.45) is 11.8 Å². The summed E-state index contributed by atoms with van der Waals surface area (Å²) in [6.07, 6.45) is 0.518. The fourth-order valence-corrected chi connectivity index (χ4v) is 4.41. The summed E-state index contributed by atoms with van der Waals surface area (Å²) in [5, 5.41) is 0.0311. The highest BCUT2D eigenvalue weighted by Crippen LogP contribution is 2.46. The molecule has 0 N–H and O–H groups in total. The topological polar surface area (TPSA) is 9.23 Å². The monoisotopic (exact) mass is 294 g/mol. The van der Waals surface area contributed by atoms with E-state index >= 15 is 0 Å². The molecule has 1 aliphatic rings. The average Bonchev–Trinajstić information content (AvgIpc) is 2.61. The third-order valence-corrected chi connectivity index (χ3v) is 5.87. The van der Waals surface area contributed by atoms with Crippen molar-refractivity contribution in [1.29, 1.82) is 0 Å². The molecule has 0 bridgehead atoms. The minimum atomic E-state index is 0.0311. The van der Waals surface area contributed by atoms with Crippen LogP contribution in [0, 0.1) is 39.5 Å². The predicted molar refractivity (Wildman–Crippen MR) is 86.6 cm³/mol. The third-order valence-electron chi connectivity index (χ3n) is 5.36. The number of alkyl halides is 1. The van der Waals surface area contributed by atoms with Gasteiger partial charge in [0.2, 0.25) is 0 Å². The normalized spacial score (nSPS) is 31.6. The van der Waals surface area contributed by atoms with Crippen LogP contribution in [-0.4, -0.2) is 12.2 Å². The van der Waals surface area contributed by atoms with Crippen LogP contribution in [0.2, 0.25) is 0 Å². The van der Waals surface area contributed by atoms with E-state index in [4.69, 9.17) is 16.3 Å². The highest BCUT2D eigenvalue weighted by Gasteiger charge is 2.42. The molecule has 0 aromatic heterocycles. The zero-order valence-corrected chi connectivity index (χ0v) is 14.5. The van der Waals surface area contributed by atoms with E-state index in [1.807, 2.05) is 0 Å². The van der Waals surface area contributed by atoms with Crippen LogP contribution in [0.4, 0.5) is 0 Å². The number of hydrogen-bond acceptors (Lipinski definition) is 1. The van der Waals surface area contributed by atoms with E-state index in [-0.39, 0.29) is 11.5 Å². The molecule has 2 rings (SSSR count). The van der Waals surface area contributed by atoms with Crippen molar-refractivity contribution in [2.75, 3.05) is 0 Å². The number of benzene rings is 1. The molecule has 0 saturated carbocycles. The van der Waals surface area contributed by atoms with E-state index in [2.05, 4.69) is 54.5 Å². The van der Waals surface area contributed by atoms with Crippen LogP contribution in [0.25, 0.3) is 0 Å². The highest BCUT2D eigenvalue weighted by molar-refractivity contribution is 6.21. The maximum Gasteiger partial charge on any atom is 0.0646 e. The first kappa shape index (κ1) is 15.9. The standard InChI is InChI=1S/C18H27ClO/c1-9-8-10(2)12(4)16(11(9)3)18(19)17-13(5)14(6)20-15(17)7/h8,13-15,17-18H,1-7H3. The van der Waals surface area contributed by atoms with Crippen molar-refractivity contribution in [3.05, 3.63) is 33.9 Å². The summed E-state index contributed by atoms with van der Waals surface area (Å²) in [6, 6.07) is 2.26. The van der Waals surface area contributed by atoms with E-state index < -0.39 is 0 Å². The molecule has 112 valence electrons. The zero-order valence-electron chi connectivity index (χ0n) is 13.8. The lowest BCUT2D eigenvalue weighted by atomic mass is 9.80. The Morgan fingerprint density at radius 3 is 1.85 bits per heavy atom. The molecule has 0 amide bonds. The van der Waals surface area contributed by atoms with Gasteiger partial charge in [-0.3, -0.25) is 0 Å². The highest BCUT2D eigenvalue weighted by atomic mass is 35.5. The number of ether oxygens (including phenoxy) is 1. The van der Waals surface area contributed by atoms with Crippen molar-refractivity contribution in [3.63, 3.8) is 0 Å². The zero-order chi connectivity index (χ0) is 15.2. The van der Waals surface area contributed by atoms with E-state index in [0.717, 1.165) is 0 Å². The van der Waals surface area contributed by atoms with E-state index in [1.165, 1.54) is 27.8 Å². The fraction of sp³-hybridized carbons (Fsp3) is 0.667. The van der Waals surface area contributed by atoms with Crippen LogP contribution in [0.1, 0.15) is 54.0 Å². The van der Waals surface area contributed by atoms with Crippen LogP contribution >= 0.6 is 11.6 Å². The molecule has 1 saturated heterocycles. The lowest BCUT2D eigenvalue weighted by molar-refractivity contribution is 0.0508. The van der Waals surface area contributed by atoms with Gasteiger partial charge in [0.1, 0.15) is 0 Å². The van der Waals surface area contributed by atoms with Gasteiger partial charge in [-0.15, -0.1) is 11.6 Å². The van der Waals surface area contributed by atoms with Gasteiger partial charge in [0, 0.05) is 5.92 Å². The smallest absolute Gasteiger partial charge is 0.0646 e. The first-order chi connectivity index (χ1) is 9.25. The number of halogens is 1. The van der Waals surface area contributed by atoms with Crippen LogP contribution in [0.5, 0.6) is 0 Å². The average molecular weight is 295 g/mol. The van der Waals surface area contributed by atoms with Gasteiger partial charge >= 0.3 is 0 Å². The molecule has 0 spiro atoms. The Labute approximate surface area is 128 Å². The van der Waals surface area contributed by atoms with Crippen LogP contribution in [-0.2, 0) is 4.74 Å². The first-order valence-electron chi connectivity index (χ1n) is 7.62. The lowest BCUT2D eigenvalue weighted by Gasteiger charge is -2.28. The molecule has 2 heteroatoms. The second kappa shape index (κ2) is 5.69. The molecule has 1 nitrogen and oxygen atoms in total. The van der Waals surface area contributed by atoms with E-state index in [1.54, 1.807) is 0 Å². The molecular formula is C18H27ClO. The molecule has 1 aliphatic heterocycles. The Balaban J connectivity index is 2.46. The van der Waals surface area contributed by atoms with Gasteiger partial charge in [-0.05, 0) is 75.3 Å². The van der Waals surface area contributed by atoms with Gasteiger partial charge in [-0.1, -0.05) is 13.0 Å². The summed E-state index contributed by atoms with van der Waals surface area (Å²) in [4.78, 5) is 0. The molecule has 0 aliphatic carbocycles. The quantitative estimate of drug-likeness (QED) is 0.676. The Bertz CT molecular complexity index is 482. The summed E-state index contributed by atoms with van der Waals surface area (Å²) in [7, 11) is 0. The van der Waals surface area contributed by atoms with Crippen molar-refractivity contribution in [1.82, 2.24) is 0 Å². The summed E-state index contributed by atoms with van der Waals surface area (Å²) >= 11 is 6.94. The van der Waals surface area contributed by atoms with Gasteiger partial charge < -0.3 is 4.74 Å². The molecule has 5 unspecified atom stereocenters. The van der Waals surface area contributed by atoms with Crippen LogP contribution in [0.3, 0.4) is 0 Å². The van der Waals surface area contributed by atoms with Crippen molar-refractivity contribution < 1.29 is 4.74 Å². The Morgan fingerprint density at radius 1 is 0.950 bits per heavy atom. The SMILES string of the molecule is Cc1cc(C)c(C)c(C(Cl)C2C(C)OC(C)C2C)c1C. The van der Waals surface area contributed by atoms with Crippen molar-refractivity contribution >= 4 is 11.6 Å². The minimum Gasteiger partial charge on any atom is -0.375 e. The summed E-state index contributed by atoms with van der Waals surface area (Å²) < 4.78 is 5.98. The Kier molecular flexibility index (Phi) is 4.51. The molecule has 20 heavy (non-hydrogen) atoms. The fourth-order valence-electron chi connectivity index (χ4n) is 3.65. The lowest BCUT2D eigenvalue weighted by Crippen LogP contribution is -2.23. The third kappa shape index (κ3) is 2.51. The predicted octanol–water partition coefficient (Wildman–Crippen LogP) is 5.26. The van der Waals surface area contributed by atoms with Gasteiger partial charge in [-0.2, -0.15) is 0 Å². The molecule has 1 aromatic rings. The maximum absolute atomic E-state index is 6.94. The molecule has 1 aromatic carbocycles. The maximum atomic E-state index is 6.94. The van der Waals surface area contributed by atoms with Gasteiger partial charge in [0.05, 0.1) is 17.6 Å². The summed E-state index contributed by atoms with van der Waals surface area (Å²) in [5.74, 6) is 0.873. The molecule has 1 heterocycles.